The molecule has 6 heteroatoms. The summed E-state index contributed by atoms with van der Waals surface area (Å²) in [5.41, 5.74) is 8.16. The number of aryl methyl sites for hydroxylation is 2. The first-order valence-corrected chi connectivity index (χ1v) is 8.46. The minimum Gasteiger partial charge on any atom is -0.444 e. The number of rotatable bonds is 4. The molecular weight excluding hydrogens is 292 g/mol. The number of amides is 1. The number of carbonyl (C=O) groups excluding carboxylic acids is 1. The summed E-state index contributed by atoms with van der Waals surface area (Å²) in [6, 6.07) is 2.13. The van der Waals surface area contributed by atoms with Gasteiger partial charge in [0, 0.05) is 37.8 Å². The molecule has 2 rings (SSSR count). The van der Waals surface area contributed by atoms with E-state index in [0.717, 1.165) is 31.6 Å². The molecule has 0 saturated carbocycles. The summed E-state index contributed by atoms with van der Waals surface area (Å²) in [5, 5.41) is 4.47. The predicted octanol–water partition coefficient (Wildman–Crippen LogP) is 2.34. The number of nitrogens with two attached hydrogens (primary N) is 1. The lowest BCUT2D eigenvalue weighted by Gasteiger charge is -2.25. The van der Waals surface area contributed by atoms with E-state index < -0.39 is 5.60 Å². The van der Waals surface area contributed by atoms with Gasteiger partial charge >= 0.3 is 6.09 Å². The van der Waals surface area contributed by atoms with Gasteiger partial charge in [0.05, 0.1) is 5.69 Å². The minimum absolute atomic E-state index is 0.0313. The summed E-state index contributed by atoms with van der Waals surface area (Å²) in [5.74, 6) is 0.308. The average molecular weight is 322 g/mol. The number of aromatic nitrogens is 2. The van der Waals surface area contributed by atoms with Gasteiger partial charge in [-0.25, -0.2) is 4.79 Å². The van der Waals surface area contributed by atoms with E-state index >= 15 is 0 Å². The number of likely N-dealkylation sites (tertiary alicyclic amines) is 1. The lowest BCUT2D eigenvalue weighted by atomic mass is 9.95. The molecule has 0 aliphatic carbocycles. The van der Waals surface area contributed by atoms with E-state index in [0.29, 0.717) is 12.5 Å². The van der Waals surface area contributed by atoms with Crippen molar-refractivity contribution in [3.63, 3.8) is 0 Å². The van der Waals surface area contributed by atoms with Crippen LogP contribution in [-0.4, -0.2) is 45.5 Å². The normalized spacial score (nSPS) is 19.9. The molecule has 23 heavy (non-hydrogen) atoms. The fourth-order valence-corrected chi connectivity index (χ4v) is 3.07. The lowest BCUT2D eigenvalue weighted by Crippen LogP contribution is -2.38. The van der Waals surface area contributed by atoms with Gasteiger partial charge in [-0.05, 0) is 53.0 Å². The molecule has 1 aromatic rings. The minimum atomic E-state index is -0.456. The summed E-state index contributed by atoms with van der Waals surface area (Å²) in [7, 11) is 0. The van der Waals surface area contributed by atoms with E-state index in [1.165, 1.54) is 5.69 Å². The van der Waals surface area contributed by atoms with Crippen molar-refractivity contribution in [3.8, 4) is 0 Å². The maximum atomic E-state index is 12.1. The standard InChI is InChI=1S/C17H30N4O2/c1-6-21-14(9-12(2)19-21)10-15(18)13-7-8-20(11-13)16(22)23-17(3,4)5/h9,13,15H,6-8,10-11,18H2,1-5H3. The molecule has 0 radical (unpaired) electrons. The zero-order valence-corrected chi connectivity index (χ0v) is 15.0. The van der Waals surface area contributed by atoms with E-state index in [1.807, 2.05) is 32.4 Å². The van der Waals surface area contributed by atoms with Crippen LogP contribution in [0.4, 0.5) is 4.79 Å². The highest BCUT2D eigenvalue weighted by molar-refractivity contribution is 5.68. The van der Waals surface area contributed by atoms with Crippen LogP contribution in [0.15, 0.2) is 6.07 Å². The number of hydrogen-bond acceptors (Lipinski definition) is 4. The van der Waals surface area contributed by atoms with E-state index in [2.05, 4.69) is 18.1 Å². The second-order valence-electron chi connectivity index (χ2n) is 7.44. The quantitative estimate of drug-likeness (QED) is 0.923. The van der Waals surface area contributed by atoms with Crippen LogP contribution in [0.3, 0.4) is 0 Å². The van der Waals surface area contributed by atoms with Gasteiger partial charge < -0.3 is 15.4 Å². The van der Waals surface area contributed by atoms with Crippen LogP contribution in [0.2, 0.25) is 0 Å². The van der Waals surface area contributed by atoms with Gasteiger partial charge in [-0.1, -0.05) is 0 Å². The van der Waals surface area contributed by atoms with E-state index in [4.69, 9.17) is 10.5 Å². The molecule has 2 unspecified atom stereocenters. The summed E-state index contributed by atoms with van der Waals surface area (Å²) < 4.78 is 7.45. The monoisotopic (exact) mass is 322 g/mol. The predicted molar refractivity (Wildman–Crippen MR) is 90.2 cm³/mol. The lowest BCUT2D eigenvalue weighted by molar-refractivity contribution is 0.0286. The highest BCUT2D eigenvalue weighted by Gasteiger charge is 2.33. The third-order valence-electron chi connectivity index (χ3n) is 4.21. The summed E-state index contributed by atoms with van der Waals surface area (Å²) in [6.07, 6.45) is 1.49. The Labute approximate surface area is 139 Å². The van der Waals surface area contributed by atoms with Gasteiger partial charge in [-0.3, -0.25) is 4.68 Å². The molecule has 1 saturated heterocycles. The number of ether oxygens (including phenoxy) is 1. The van der Waals surface area contributed by atoms with Crippen molar-refractivity contribution in [3.05, 3.63) is 17.5 Å². The summed E-state index contributed by atoms with van der Waals surface area (Å²) >= 11 is 0. The molecule has 2 atom stereocenters. The van der Waals surface area contributed by atoms with Crippen molar-refractivity contribution in [1.82, 2.24) is 14.7 Å². The third kappa shape index (κ3) is 4.70. The van der Waals surface area contributed by atoms with Crippen LogP contribution in [0.1, 0.15) is 45.5 Å². The number of carbonyl (C=O) groups is 1. The maximum absolute atomic E-state index is 12.1. The SMILES string of the molecule is CCn1nc(C)cc1CC(N)C1CCN(C(=O)OC(C)(C)C)C1. The van der Waals surface area contributed by atoms with Crippen molar-refractivity contribution >= 4 is 6.09 Å². The molecule has 1 aromatic heterocycles. The van der Waals surface area contributed by atoms with Gasteiger partial charge in [0.2, 0.25) is 0 Å². The van der Waals surface area contributed by atoms with E-state index in [9.17, 15) is 4.79 Å². The molecular formula is C17H30N4O2. The van der Waals surface area contributed by atoms with Crippen molar-refractivity contribution in [2.24, 2.45) is 11.7 Å². The highest BCUT2D eigenvalue weighted by Crippen LogP contribution is 2.23. The zero-order valence-electron chi connectivity index (χ0n) is 15.0. The Hall–Kier alpha value is -1.56. The number of nitrogens with zero attached hydrogens (tertiary/aromatic N) is 3. The first kappa shape index (κ1) is 17.8. The fraction of sp³-hybridized carbons (Fsp3) is 0.765. The maximum Gasteiger partial charge on any atom is 0.410 e. The topological polar surface area (TPSA) is 73.4 Å². The van der Waals surface area contributed by atoms with Crippen LogP contribution >= 0.6 is 0 Å². The fourth-order valence-electron chi connectivity index (χ4n) is 3.07. The molecule has 1 aliphatic heterocycles. The van der Waals surface area contributed by atoms with Crippen molar-refractivity contribution in [2.45, 2.75) is 65.6 Å². The Morgan fingerprint density at radius 2 is 2.22 bits per heavy atom. The smallest absolute Gasteiger partial charge is 0.410 e. The molecule has 2 heterocycles. The summed E-state index contributed by atoms with van der Waals surface area (Å²) in [4.78, 5) is 13.9. The van der Waals surface area contributed by atoms with Crippen molar-refractivity contribution in [1.29, 1.82) is 0 Å². The Balaban J connectivity index is 1.92. The molecule has 0 spiro atoms. The van der Waals surface area contributed by atoms with Gasteiger partial charge in [-0.2, -0.15) is 5.10 Å². The van der Waals surface area contributed by atoms with Gasteiger partial charge in [0.25, 0.3) is 0 Å². The first-order valence-electron chi connectivity index (χ1n) is 8.46. The molecule has 1 fully saturated rings. The highest BCUT2D eigenvalue weighted by atomic mass is 16.6. The molecule has 1 amide bonds. The molecule has 6 nitrogen and oxygen atoms in total. The second kappa shape index (κ2) is 6.91. The van der Waals surface area contributed by atoms with Crippen molar-refractivity contribution in [2.75, 3.05) is 13.1 Å². The van der Waals surface area contributed by atoms with Gasteiger partial charge in [-0.15, -0.1) is 0 Å². The Bertz CT molecular complexity index is 547. The molecule has 130 valence electrons. The second-order valence-corrected chi connectivity index (χ2v) is 7.44. The van der Waals surface area contributed by atoms with Gasteiger partial charge in [0.1, 0.15) is 5.60 Å². The van der Waals surface area contributed by atoms with Crippen LogP contribution in [-0.2, 0) is 17.7 Å². The molecule has 1 aliphatic rings. The summed E-state index contributed by atoms with van der Waals surface area (Å²) in [6.45, 7) is 12.0. The number of hydrogen-bond donors (Lipinski definition) is 1. The molecule has 0 bridgehead atoms. The first-order chi connectivity index (χ1) is 10.7. The zero-order chi connectivity index (χ0) is 17.2. The van der Waals surface area contributed by atoms with Gasteiger partial charge in [0.15, 0.2) is 0 Å². The van der Waals surface area contributed by atoms with Crippen LogP contribution in [0.25, 0.3) is 0 Å². The largest absolute Gasteiger partial charge is 0.444 e. The third-order valence-corrected chi connectivity index (χ3v) is 4.21. The average Bonchev–Trinajstić information content (AvgIpc) is 3.03. The van der Waals surface area contributed by atoms with Crippen LogP contribution < -0.4 is 5.73 Å². The Morgan fingerprint density at radius 1 is 1.52 bits per heavy atom. The van der Waals surface area contributed by atoms with Crippen LogP contribution in [0, 0.1) is 12.8 Å². The molecule has 0 aromatic carbocycles. The van der Waals surface area contributed by atoms with E-state index in [1.54, 1.807) is 4.90 Å². The Morgan fingerprint density at radius 3 is 2.83 bits per heavy atom. The van der Waals surface area contributed by atoms with Crippen molar-refractivity contribution < 1.29 is 9.53 Å². The molecule has 2 N–H and O–H groups in total. The van der Waals surface area contributed by atoms with E-state index in [-0.39, 0.29) is 12.1 Å². The van der Waals surface area contributed by atoms with Crippen LogP contribution in [0.5, 0.6) is 0 Å². The Kier molecular flexibility index (Phi) is 5.34.